The summed E-state index contributed by atoms with van der Waals surface area (Å²) >= 11 is 0. The largest absolute Gasteiger partial charge is 0.338 e. The van der Waals surface area contributed by atoms with Gasteiger partial charge in [-0.1, -0.05) is 32.1 Å². The number of rotatable bonds is 4. The summed E-state index contributed by atoms with van der Waals surface area (Å²) in [6.45, 7) is 0.850. The highest BCUT2D eigenvalue weighted by molar-refractivity contribution is 5.74. The van der Waals surface area contributed by atoms with E-state index >= 15 is 0 Å². The molecule has 2 aliphatic carbocycles. The van der Waals surface area contributed by atoms with Crippen molar-refractivity contribution in [2.75, 3.05) is 6.54 Å². The predicted molar refractivity (Wildman–Crippen MR) is 60.7 cm³/mol. The second-order valence-corrected chi connectivity index (χ2v) is 4.97. The molecule has 0 radical (unpaired) electrons. The van der Waals surface area contributed by atoms with Gasteiger partial charge in [0.25, 0.3) is 0 Å². The molecule has 2 amide bonds. The summed E-state index contributed by atoms with van der Waals surface area (Å²) in [5.74, 6) is 0.861. The molecule has 0 bridgehead atoms. The molecule has 2 saturated carbocycles. The van der Waals surface area contributed by atoms with Crippen molar-refractivity contribution >= 4 is 6.03 Å². The minimum absolute atomic E-state index is 0.0355. The maximum Gasteiger partial charge on any atom is 0.315 e. The van der Waals surface area contributed by atoms with Crippen LogP contribution in [0.15, 0.2) is 0 Å². The lowest BCUT2D eigenvalue weighted by Gasteiger charge is -2.21. The first-order valence-corrected chi connectivity index (χ1v) is 6.39. The molecule has 0 spiro atoms. The Hall–Kier alpha value is -0.730. The van der Waals surface area contributed by atoms with E-state index in [4.69, 9.17) is 0 Å². The number of hydrogen-bond acceptors (Lipinski definition) is 1. The van der Waals surface area contributed by atoms with Crippen molar-refractivity contribution in [3.05, 3.63) is 0 Å². The zero-order valence-electron chi connectivity index (χ0n) is 9.43. The minimum atomic E-state index is 0.0355. The molecule has 0 saturated heterocycles. The Balaban J connectivity index is 1.51. The van der Waals surface area contributed by atoms with Crippen LogP contribution in [-0.2, 0) is 0 Å². The summed E-state index contributed by atoms with van der Waals surface area (Å²) < 4.78 is 0. The van der Waals surface area contributed by atoms with Crippen LogP contribution in [0.3, 0.4) is 0 Å². The van der Waals surface area contributed by atoms with Crippen molar-refractivity contribution in [3.8, 4) is 0 Å². The summed E-state index contributed by atoms with van der Waals surface area (Å²) in [5, 5.41) is 5.89. The third kappa shape index (κ3) is 4.10. The van der Waals surface area contributed by atoms with Crippen molar-refractivity contribution < 1.29 is 4.79 Å². The van der Waals surface area contributed by atoms with Crippen LogP contribution in [0, 0.1) is 5.92 Å². The van der Waals surface area contributed by atoms with E-state index < -0.39 is 0 Å². The molecule has 15 heavy (non-hydrogen) atoms. The molecular formula is C12H22N2O. The van der Waals surface area contributed by atoms with Crippen molar-refractivity contribution in [3.63, 3.8) is 0 Å². The number of nitrogens with one attached hydrogen (secondary N) is 2. The Morgan fingerprint density at radius 3 is 2.47 bits per heavy atom. The molecule has 2 aliphatic rings. The number of hydrogen-bond donors (Lipinski definition) is 2. The first kappa shape index (κ1) is 10.8. The van der Waals surface area contributed by atoms with Crippen molar-refractivity contribution in [2.24, 2.45) is 5.92 Å². The fraction of sp³-hybridized carbons (Fsp3) is 0.917. The molecule has 3 heteroatoms. The van der Waals surface area contributed by atoms with Gasteiger partial charge in [0.15, 0.2) is 0 Å². The second-order valence-electron chi connectivity index (χ2n) is 4.97. The van der Waals surface area contributed by atoms with Gasteiger partial charge in [0.2, 0.25) is 0 Å². The van der Waals surface area contributed by atoms with Crippen LogP contribution in [0.4, 0.5) is 4.79 Å². The number of amides is 2. The van der Waals surface area contributed by atoms with Crippen LogP contribution < -0.4 is 10.6 Å². The normalized spacial score (nSPS) is 22.4. The fourth-order valence-corrected chi connectivity index (χ4v) is 2.33. The highest BCUT2D eigenvalue weighted by atomic mass is 16.2. The highest BCUT2D eigenvalue weighted by Crippen LogP contribution is 2.25. The average molecular weight is 210 g/mol. The van der Waals surface area contributed by atoms with Gasteiger partial charge in [0, 0.05) is 12.6 Å². The molecule has 3 nitrogen and oxygen atoms in total. The van der Waals surface area contributed by atoms with Crippen molar-refractivity contribution in [1.82, 2.24) is 10.6 Å². The lowest BCUT2D eigenvalue weighted by molar-refractivity contribution is 0.238. The van der Waals surface area contributed by atoms with Crippen LogP contribution >= 0.6 is 0 Å². The summed E-state index contributed by atoms with van der Waals surface area (Å²) in [4.78, 5) is 11.3. The Labute approximate surface area is 92.0 Å². The van der Waals surface area contributed by atoms with Gasteiger partial charge in [-0.05, 0) is 25.2 Å². The molecule has 2 N–H and O–H groups in total. The quantitative estimate of drug-likeness (QED) is 0.735. The molecule has 0 aromatic rings. The van der Waals surface area contributed by atoms with E-state index in [0.717, 1.165) is 31.7 Å². The maximum atomic E-state index is 11.3. The van der Waals surface area contributed by atoms with E-state index in [2.05, 4.69) is 10.6 Å². The first-order chi connectivity index (χ1) is 7.34. The van der Waals surface area contributed by atoms with Crippen LogP contribution in [0.25, 0.3) is 0 Å². The smallest absolute Gasteiger partial charge is 0.315 e. The minimum Gasteiger partial charge on any atom is -0.338 e. The molecule has 0 aliphatic heterocycles. The molecule has 0 heterocycles. The SMILES string of the molecule is O=C(NCCC1CCCCC1)NC1CC1. The van der Waals surface area contributed by atoms with E-state index in [-0.39, 0.29) is 6.03 Å². The number of urea groups is 1. The molecule has 0 unspecified atom stereocenters. The van der Waals surface area contributed by atoms with Gasteiger partial charge in [-0.3, -0.25) is 0 Å². The van der Waals surface area contributed by atoms with E-state index in [1.807, 2.05) is 0 Å². The highest BCUT2D eigenvalue weighted by Gasteiger charge is 2.23. The van der Waals surface area contributed by atoms with Crippen molar-refractivity contribution in [1.29, 1.82) is 0 Å². The van der Waals surface area contributed by atoms with Crippen LogP contribution in [0.1, 0.15) is 51.4 Å². The predicted octanol–water partition coefficient (Wildman–Crippen LogP) is 2.42. The van der Waals surface area contributed by atoms with Gasteiger partial charge < -0.3 is 10.6 Å². The number of carbonyl (C=O) groups is 1. The molecule has 0 atom stereocenters. The maximum absolute atomic E-state index is 11.3. The topological polar surface area (TPSA) is 41.1 Å². The Morgan fingerprint density at radius 2 is 1.80 bits per heavy atom. The van der Waals surface area contributed by atoms with Gasteiger partial charge in [-0.2, -0.15) is 0 Å². The molecule has 0 aromatic carbocycles. The monoisotopic (exact) mass is 210 g/mol. The second kappa shape index (κ2) is 5.38. The summed E-state index contributed by atoms with van der Waals surface area (Å²) in [5.41, 5.74) is 0. The van der Waals surface area contributed by atoms with Gasteiger partial charge >= 0.3 is 6.03 Å². The molecule has 2 fully saturated rings. The Kier molecular flexibility index (Phi) is 3.87. The summed E-state index contributed by atoms with van der Waals surface area (Å²) in [6, 6.07) is 0.507. The van der Waals surface area contributed by atoms with E-state index in [0.29, 0.717) is 6.04 Å². The van der Waals surface area contributed by atoms with Gasteiger partial charge in [0.05, 0.1) is 0 Å². The number of carbonyl (C=O) groups excluding carboxylic acids is 1. The molecule has 0 aromatic heterocycles. The van der Waals surface area contributed by atoms with Gasteiger partial charge in [-0.15, -0.1) is 0 Å². The average Bonchev–Trinajstić information content (AvgIpc) is 3.03. The van der Waals surface area contributed by atoms with Crippen LogP contribution in [0.2, 0.25) is 0 Å². The van der Waals surface area contributed by atoms with E-state index in [1.54, 1.807) is 0 Å². The molecule has 2 rings (SSSR count). The van der Waals surface area contributed by atoms with Gasteiger partial charge in [-0.25, -0.2) is 4.79 Å². The zero-order chi connectivity index (χ0) is 10.5. The third-order valence-corrected chi connectivity index (χ3v) is 3.48. The molecule has 86 valence electrons. The van der Waals surface area contributed by atoms with Gasteiger partial charge in [0.1, 0.15) is 0 Å². The standard InChI is InChI=1S/C12H22N2O/c15-12(14-11-6-7-11)13-9-8-10-4-2-1-3-5-10/h10-11H,1-9H2,(H2,13,14,15). The fourth-order valence-electron chi connectivity index (χ4n) is 2.33. The van der Waals surface area contributed by atoms with E-state index in [9.17, 15) is 4.79 Å². The summed E-state index contributed by atoms with van der Waals surface area (Å²) in [6.07, 6.45) is 10.4. The van der Waals surface area contributed by atoms with Crippen LogP contribution in [0.5, 0.6) is 0 Å². The zero-order valence-corrected chi connectivity index (χ0v) is 9.43. The summed E-state index contributed by atoms with van der Waals surface area (Å²) in [7, 11) is 0. The third-order valence-electron chi connectivity index (χ3n) is 3.48. The van der Waals surface area contributed by atoms with E-state index in [1.165, 1.54) is 32.1 Å². The lowest BCUT2D eigenvalue weighted by Crippen LogP contribution is -2.37. The Morgan fingerprint density at radius 1 is 1.07 bits per heavy atom. The molecular weight excluding hydrogens is 188 g/mol. The Bertz CT molecular complexity index is 208. The van der Waals surface area contributed by atoms with Crippen LogP contribution in [-0.4, -0.2) is 18.6 Å². The first-order valence-electron chi connectivity index (χ1n) is 6.39. The van der Waals surface area contributed by atoms with Crippen molar-refractivity contribution in [2.45, 2.75) is 57.4 Å². The lowest BCUT2D eigenvalue weighted by atomic mass is 9.87.